The van der Waals surface area contributed by atoms with Gasteiger partial charge in [0.1, 0.15) is 5.82 Å². The van der Waals surface area contributed by atoms with E-state index >= 15 is 0 Å². The van der Waals surface area contributed by atoms with Gasteiger partial charge in [0.25, 0.3) is 0 Å². The number of aliphatic hydroxyl groups excluding tert-OH is 1. The second-order valence-electron chi connectivity index (χ2n) is 4.72. The van der Waals surface area contributed by atoms with E-state index in [0.29, 0.717) is 17.0 Å². The van der Waals surface area contributed by atoms with Crippen LogP contribution in [-0.2, 0) is 12.8 Å². The third kappa shape index (κ3) is 3.79. The van der Waals surface area contributed by atoms with Gasteiger partial charge in [-0.2, -0.15) is 0 Å². The zero-order chi connectivity index (χ0) is 13.8. The predicted octanol–water partition coefficient (Wildman–Crippen LogP) is 3.93. The van der Waals surface area contributed by atoms with Gasteiger partial charge in [-0.15, -0.1) is 0 Å². The van der Waals surface area contributed by atoms with E-state index in [0.717, 1.165) is 11.1 Å². The Kier molecular flexibility index (Phi) is 4.56. The molecule has 0 radical (unpaired) electrons. The van der Waals surface area contributed by atoms with Gasteiger partial charge in [-0.05, 0) is 48.2 Å². The van der Waals surface area contributed by atoms with Gasteiger partial charge in [-0.1, -0.05) is 35.9 Å². The number of hydrogen-bond acceptors (Lipinski definition) is 1. The molecule has 2 aromatic rings. The smallest absolute Gasteiger partial charge is 0.126 e. The zero-order valence-corrected chi connectivity index (χ0v) is 11.5. The van der Waals surface area contributed by atoms with E-state index in [1.165, 1.54) is 12.1 Å². The van der Waals surface area contributed by atoms with Crippen molar-refractivity contribution >= 4 is 11.6 Å². The van der Waals surface area contributed by atoms with Crippen LogP contribution in [0.15, 0.2) is 42.5 Å². The van der Waals surface area contributed by atoms with Gasteiger partial charge < -0.3 is 5.11 Å². The second-order valence-corrected chi connectivity index (χ2v) is 5.16. The Labute approximate surface area is 117 Å². The average Bonchev–Trinajstić information content (AvgIpc) is 2.37. The van der Waals surface area contributed by atoms with Crippen LogP contribution < -0.4 is 0 Å². The molecule has 2 aromatic carbocycles. The molecule has 0 spiro atoms. The van der Waals surface area contributed by atoms with Crippen molar-refractivity contribution < 1.29 is 9.50 Å². The third-order valence-electron chi connectivity index (χ3n) is 3.18. The Hall–Kier alpha value is -1.38. The van der Waals surface area contributed by atoms with E-state index in [-0.39, 0.29) is 12.2 Å². The van der Waals surface area contributed by atoms with Crippen molar-refractivity contribution in [1.29, 1.82) is 0 Å². The number of aryl methyl sites for hydroxylation is 1. The fourth-order valence-electron chi connectivity index (χ4n) is 2.12. The maximum Gasteiger partial charge on any atom is 0.126 e. The first-order valence-corrected chi connectivity index (χ1v) is 6.60. The van der Waals surface area contributed by atoms with E-state index in [1.807, 2.05) is 31.2 Å². The van der Waals surface area contributed by atoms with Crippen LogP contribution in [0.25, 0.3) is 0 Å². The fourth-order valence-corrected chi connectivity index (χ4v) is 2.31. The van der Waals surface area contributed by atoms with Crippen LogP contribution >= 0.6 is 11.6 Å². The Bertz CT molecular complexity index is 568. The average molecular weight is 279 g/mol. The number of benzene rings is 2. The van der Waals surface area contributed by atoms with E-state index < -0.39 is 6.10 Å². The Morgan fingerprint density at radius 3 is 2.53 bits per heavy atom. The Morgan fingerprint density at radius 1 is 1.11 bits per heavy atom. The minimum absolute atomic E-state index is 0.265. The van der Waals surface area contributed by atoms with Gasteiger partial charge in [0, 0.05) is 11.4 Å². The molecule has 0 saturated carbocycles. The highest BCUT2D eigenvalue weighted by molar-refractivity contribution is 6.30. The molecule has 1 unspecified atom stereocenters. The van der Waals surface area contributed by atoms with E-state index in [4.69, 9.17) is 11.6 Å². The molecule has 0 heterocycles. The zero-order valence-electron chi connectivity index (χ0n) is 10.7. The summed E-state index contributed by atoms with van der Waals surface area (Å²) >= 11 is 5.84. The summed E-state index contributed by atoms with van der Waals surface area (Å²) in [4.78, 5) is 0. The van der Waals surface area contributed by atoms with E-state index in [9.17, 15) is 9.50 Å². The van der Waals surface area contributed by atoms with Gasteiger partial charge in [0.2, 0.25) is 0 Å². The summed E-state index contributed by atoms with van der Waals surface area (Å²) < 4.78 is 13.6. The number of rotatable bonds is 4. The highest BCUT2D eigenvalue weighted by Gasteiger charge is 2.11. The molecule has 0 aromatic heterocycles. The quantitative estimate of drug-likeness (QED) is 0.898. The minimum Gasteiger partial charge on any atom is -0.392 e. The summed E-state index contributed by atoms with van der Waals surface area (Å²) in [5.41, 5.74) is 2.67. The molecule has 0 fully saturated rings. The van der Waals surface area contributed by atoms with Crippen molar-refractivity contribution in [3.8, 4) is 0 Å². The molecule has 100 valence electrons. The maximum atomic E-state index is 13.6. The monoisotopic (exact) mass is 278 g/mol. The highest BCUT2D eigenvalue weighted by Crippen LogP contribution is 2.18. The first-order chi connectivity index (χ1) is 9.06. The van der Waals surface area contributed by atoms with Crippen molar-refractivity contribution in [2.24, 2.45) is 0 Å². The molecule has 0 bridgehead atoms. The lowest BCUT2D eigenvalue weighted by Crippen LogP contribution is -2.15. The number of aliphatic hydroxyl groups is 1. The molecular formula is C16H16ClFO. The summed E-state index contributed by atoms with van der Waals surface area (Å²) in [5, 5.41) is 10.6. The van der Waals surface area contributed by atoms with Gasteiger partial charge in [0.05, 0.1) is 6.10 Å². The van der Waals surface area contributed by atoms with Crippen LogP contribution in [0.1, 0.15) is 16.7 Å². The van der Waals surface area contributed by atoms with Gasteiger partial charge in [0.15, 0.2) is 0 Å². The van der Waals surface area contributed by atoms with Crippen molar-refractivity contribution in [3.63, 3.8) is 0 Å². The molecule has 3 heteroatoms. The first kappa shape index (κ1) is 14.0. The molecule has 0 aliphatic rings. The molecule has 0 aliphatic carbocycles. The van der Waals surface area contributed by atoms with Crippen LogP contribution in [0.2, 0.25) is 5.02 Å². The van der Waals surface area contributed by atoms with Crippen LogP contribution in [0.4, 0.5) is 4.39 Å². The molecule has 0 aliphatic heterocycles. The third-order valence-corrected chi connectivity index (χ3v) is 3.42. The van der Waals surface area contributed by atoms with Gasteiger partial charge in [-0.3, -0.25) is 0 Å². The lowest BCUT2D eigenvalue weighted by atomic mass is 9.98. The van der Waals surface area contributed by atoms with Gasteiger partial charge >= 0.3 is 0 Å². The molecule has 0 saturated heterocycles. The predicted molar refractivity (Wildman–Crippen MR) is 76.0 cm³/mol. The standard InChI is InChI=1S/C16H16ClFO/c1-11-4-2-3-5-12(11)9-15(19)10-13-8-14(17)6-7-16(13)18/h2-8,15,19H,9-10H2,1H3. The lowest BCUT2D eigenvalue weighted by Gasteiger charge is -2.13. The number of hydrogen-bond donors (Lipinski definition) is 1. The topological polar surface area (TPSA) is 20.2 Å². The van der Waals surface area contributed by atoms with E-state index in [2.05, 4.69) is 0 Å². The number of halogens is 2. The SMILES string of the molecule is Cc1ccccc1CC(O)Cc1cc(Cl)ccc1F. The molecule has 0 amide bonds. The summed E-state index contributed by atoms with van der Waals surface area (Å²) in [6, 6.07) is 12.3. The lowest BCUT2D eigenvalue weighted by molar-refractivity contribution is 0.174. The van der Waals surface area contributed by atoms with E-state index in [1.54, 1.807) is 6.07 Å². The largest absolute Gasteiger partial charge is 0.392 e. The maximum absolute atomic E-state index is 13.6. The fraction of sp³-hybridized carbons (Fsp3) is 0.250. The summed E-state index contributed by atoms with van der Waals surface area (Å²) in [6.07, 6.45) is 0.161. The summed E-state index contributed by atoms with van der Waals surface area (Å²) in [6.45, 7) is 2.00. The molecule has 1 nitrogen and oxygen atoms in total. The molecular weight excluding hydrogens is 263 g/mol. The Balaban J connectivity index is 2.07. The normalized spacial score (nSPS) is 12.4. The highest BCUT2D eigenvalue weighted by atomic mass is 35.5. The second kappa shape index (κ2) is 6.18. The van der Waals surface area contributed by atoms with Crippen LogP contribution in [0.3, 0.4) is 0 Å². The molecule has 2 rings (SSSR count). The molecule has 19 heavy (non-hydrogen) atoms. The van der Waals surface area contributed by atoms with Crippen LogP contribution in [0.5, 0.6) is 0 Å². The minimum atomic E-state index is -0.617. The van der Waals surface area contributed by atoms with Gasteiger partial charge in [-0.25, -0.2) is 4.39 Å². The van der Waals surface area contributed by atoms with Crippen LogP contribution in [-0.4, -0.2) is 11.2 Å². The Morgan fingerprint density at radius 2 is 1.79 bits per heavy atom. The molecule has 1 N–H and O–H groups in total. The molecule has 1 atom stereocenters. The van der Waals surface area contributed by atoms with Crippen molar-refractivity contribution in [1.82, 2.24) is 0 Å². The van der Waals surface area contributed by atoms with Crippen molar-refractivity contribution in [3.05, 3.63) is 70.0 Å². The first-order valence-electron chi connectivity index (χ1n) is 6.23. The van der Waals surface area contributed by atoms with Crippen molar-refractivity contribution in [2.45, 2.75) is 25.9 Å². The summed E-state index contributed by atoms with van der Waals surface area (Å²) in [7, 11) is 0. The summed E-state index contributed by atoms with van der Waals surface area (Å²) in [5.74, 6) is -0.326. The van der Waals surface area contributed by atoms with Crippen LogP contribution in [0, 0.1) is 12.7 Å². The van der Waals surface area contributed by atoms with Crippen molar-refractivity contribution in [2.75, 3.05) is 0 Å².